The van der Waals surface area contributed by atoms with E-state index in [1.54, 1.807) is 19.1 Å². The van der Waals surface area contributed by atoms with E-state index in [-0.39, 0.29) is 30.5 Å². The van der Waals surface area contributed by atoms with Crippen LogP contribution in [-0.2, 0) is 11.2 Å². The quantitative estimate of drug-likeness (QED) is 0.468. The lowest BCUT2D eigenvalue weighted by Gasteiger charge is -2.14. The van der Waals surface area contributed by atoms with Gasteiger partial charge in [0.2, 0.25) is 0 Å². The summed E-state index contributed by atoms with van der Waals surface area (Å²) in [7, 11) is 0. The summed E-state index contributed by atoms with van der Waals surface area (Å²) in [5, 5.41) is 22.8. The van der Waals surface area contributed by atoms with Gasteiger partial charge in [0.25, 0.3) is 11.8 Å². The zero-order valence-electron chi connectivity index (χ0n) is 17.7. The summed E-state index contributed by atoms with van der Waals surface area (Å²) >= 11 is 11.9. The first kappa shape index (κ1) is 24.1. The van der Waals surface area contributed by atoms with Crippen LogP contribution in [0.5, 0.6) is 5.75 Å². The molecule has 1 aliphatic carbocycles. The lowest BCUT2D eigenvalue weighted by Crippen LogP contribution is -2.32. The van der Waals surface area contributed by atoms with Crippen molar-refractivity contribution < 1.29 is 18.7 Å². The summed E-state index contributed by atoms with van der Waals surface area (Å²) < 4.78 is 11.2. The van der Waals surface area contributed by atoms with E-state index in [4.69, 9.17) is 42.9 Å². The maximum atomic E-state index is 12.8. The lowest BCUT2D eigenvalue weighted by molar-refractivity contribution is -0.123. The summed E-state index contributed by atoms with van der Waals surface area (Å²) in [5.41, 5.74) is 4.23. The van der Waals surface area contributed by atoms with Gasteiger partial charge in [-0.2, -0.15) is 15.6 Å². The Morgan fingerprint density at radius 1 is 1.24 bits per heavy atom. The minimum atomic E-state index is -0.540. The Morgan fingerprint density at radius 3 is 2.64 bits per heavy atom. The molecule has 1 aromatic heterocycles. The van der Waals surface area contributed by atoms with E-state index in [1.165, 1.54) is 6.07 Å². The molecule has 0 bridgehead atoms. The highest BCUT2D eigenvalue weighted by Crippen LogP contribution is 2.31. The summed E-state index contributed by atoms with van der Waals surface area (Å²) in [4.78, 5) is 26.1. The first-order valence-corrected chi connectivity index (χ1v) is 10.7. The van der Waals surface area contributed by atoms with E-state index in [0.29, 0.717) is 46.2 Å². The minimum Gasteiger partial charge on any atom is -0.482 e. The van der Waals surface area contributed by atoms with Gasteiger partial charge in [0.15, 0.2) is 12.4 Å². The van der Waals surface area contributed by atoms with Crippen molar-refractivity contribution in [2.75, 3.05) is 19.7 Å². The SMILES string of the molecule is Cc1c(C(=O)N(CC#N)CC#N)oc2c1/C(=N/NC(=O)COc1ccc(Cl)cc1Cl)CCC2. The van der Waals surface area contributed by atoms with Crippen LogP contribution in [0.2, 0.25) is 10.0 Å². The van der Waals surface area contributed by atoms with Crippen molar-refractivity contribution >= 4 is 40.7 Å². The van der Waals surface area contributed by atoms with Gasteiger partial charge < -0.3 is 14.1 Å². The number of carbonyl (C=O) groups excluding carboxylic acids is 2. The van der Waals surface area contributed by atoms with E-state index < -0.39 is 11.8 Å². The number of hydrogen-bond donors (Lipinski definition) is 1. The smallest absolute Gasteiger partial charge is 0.291 e. The minimum absolute atomic E-state index is 0.0622. The van der Waals surface area contributed by atoms with Crippen molar-refractivity contribution in [3.05, 3.63) is 50.9 Å². The Morgan fingerprint density at radius 2 is 1.97 bits per heavy atom. The number of rotatable bonds is 7. The molecule has 1 aromatic carbocycles. The van der Waals surface area contributed by atoms with E-state index in [0.717, 1.165) is 11.3 Å². The van der Waals surface area contributed by atoms with Crippen molar-refractivity contribution in [1.29, 1.82) is 10.5 Å². The number of hydrogen-bond acceptors (Lipinski definition) is 7. The standard InChI is InChI=1S/C22H19Cl2N5O4/c1-13-20-16(27-28-19(30)12-32-17-6-5-14(23)11-15(17)24)3-2-4-18(20)33-21(13)22(31)29(9-7-25)10-8-26/h5-6,11H,2-4,9-10,12H2,1H3,(H,28,30)/b27-16+. The Kier molecular flexibility index (Phi) is 7.94. The third kappa shape index (κ3) is 5.64. The Labute approximate surface area is 200 Å². The maximum Gasteiger partial charge on any atom is 0.291 e. The molecule has 0 radical (unpaired) electrons. The number of carbonyl (C=O) groups is 2. The summed E-state index contributed by atoms with van der Waals surface area (Å²) in [6.45, 7) is 0.939. The van der Waals surface area contributed by atoms with Crippen molar-refractivity contribution in [3.63, 3.8) is 0 Å². The zero-order valence-corrected chi connectivity index (χ0v) is 19.2. The van der Waals surface area contributed by atoms with Gasteiger partial charge in [-0.05, 0) is 38.0 Å². The van der Waals surface area contributed by atoms with Crippen LogP contribution in [-0.4, -0.2) is 42.1 Å². The Bertz CT molecular complexity index is 1180. The highest BCUT2D eigenvalue weighted by Gasteiger charge is 2.30. The van der Waals surface area contributed by atoms with E-state index >= 15 is 0 Å². The molecule has 33 heavy (non-hydrogen) atoms. The second-order valence-corrected chi connectivity index (χ2v) is 7.99. The van der Waals surface area contributed by atoms with Crippen molar-refractivity contribution in [1.82, 2.24) is 10.3 Å². The lowest BCUT2D eigenvalue weighted by atomic mass is 9.93. The number of furan rings is 1. The highest BCUT2D eigenvalue weighted by atomic mass is 35.5. The third-order valence-electron chi connectivity index (χ3n) is 4.90. The number of amides is 2. The van der Waals surface area contributed by atoms with Gasteiger partial charge in [0.1, 0.15) is 24.6 Å². The van der Waals surface area contributed by atoms with E-state index in [9.17, 15) is 9.59 Å². The van der Waals surface area contributed by atoms with Gasteiger partial charge in [-0.25, -0.2) is 5.43 Å². The topological polar surface area (TPSA) is 132 Å². The summed E-state index contributed by atoms with van der Waals surface area (Å²) in [6, 6.07) is 8.41. The van der Waals surface area contributed by atoms with Crippen LogP contribution in [0.3, 0.4) is 0 Å². The predicted octanol–water partition coefficient (Wildman–Crippen LogP) is 3.62. The normalized spacial score (nSPS) is 13.5. The van der Waals surface area contributed by atoms with Crippen LogP contribution < -0.4 is 10.2 Å². The number of nitrogens with zero attached hydrogens (tertiary/aromatic N) is 4. The predicted molar refractivity (Wildman–Crippen MR) is 120 cm³/mol. The molecule has 2 amide bonds. The molecular formula is C22H19Cl2N5O4. The number of hydrazone groups is 1. The Balaban J connectivity index is 1.73. The second-order valence-electron chi connectivity index (χ2n) is 7.14. The molecule has 2 aromatic rings. The van der Waals surface area contributed by atoms with E-state index in [1.807, 2.05) is 12.1 Å². The molecule has 0 unspecified atom stereocenters. The van der Waals surface area contributed by atoms with Crippen molar-refractivity contribution in [3.8, 4) is 17.9 Å². The molecule has 0 spiro atoms. The molecular weight excluding hydrogens is 469 g/mol. The number of fused-ring (bicyclic) bond motifs is 1. The largest absolute Gasteiger partial charge is 0.482 e. The maximum absolute atomic E-state index is 12.8. The number of nitriles is 2. The van der Waals surface area contributed by atoms with Gasteiger partial charge in [0.05, 0.1) is 22.9 Å². The van der Waals surface area contributed by atoms with Crippen LogP contribution >= 0.6 is 23.2 Å². The molecule has 0 saturated heterocycles. The summed E-state index contributed by atoms with van der Waals surface area (Å²) in [6.07, 6.45) is 1.90. The van der Waals surface area contributed by atoms with Gasteiger partial charge in [0, 0.05) is 22.6 Å². The molecule has 11 heteroatoms. The fraction of sp³-hybridized carbons (Fsp3) is 0.318. The molecule has 1 aliphatic rings. The van der Waals surface area contributed by atoms with Crippen molar-refractivity contribution in [2.45, 2.75) is 26.2 Å². The number of aryl methyl sites for hydroxylation is 1. The van der Waals surface area contributed by atoms with Gasteiger partial charge in [-0.15, -0.1) is 0 Å². The van der Waals surface area contributed by atoms with Crippen LogP contribution in [0.4, 0.5) is 0 Å². The highest BCUT2D eigenvalue weighted by molar-refractivity contribution is 6.35. The van der Waals surface area contributed by atoms with Crippen LogP contribution in [0.15, 0.2) is 27.7 Å². The molecule has 170 valence electrons. The Hall–Kier alpha value is -3.53. The van der Waals surface area contributed by atoms with E-state index in [2.05, 4.69) is 10.5 Å². The van der Waals surface area contributed by atoms with Gasteiger partial charge >= 0.3 is 0 Å². The first-order chi connectivity index (χ1) is 15.8. The number of benzene rings is 1. The van der Waals surface area contributed by atoms with Gasteiger partial charge in [-0.3, -0.25) is 9.59 Å². The van der Waals surface area contributed by atoms with Crippen molar-refractivity contribution in [2.24, 2.45) is 5.10 Å². The monoisotopic (exact) mass is 487 g/mol. The van der Waals surface area contributed by atoms with Gasteiger partial charge in [-0.1, -0.05) is 23.2 Å². The number of nitrogens with one attached hydrogen (secondary N) is 1. The van der Waals surface area contributed by atoms with Crippen LogP contribution in [0, 0.1) is 29.6 Å². The molecule has 1 N–H and O–H groups in total. The first-order valence-electron chi connectivity index (χ1n) is 9.94. The average Bonchev–Trinajstić information content (AvgIpc) is 3.13. The summed E-state index contributed by atoms with van der Waals surface area (Å²) in [5.74, 6) is -0.0776. The number of halogens is 2. The fourth-order valence-corrected chi connectivity index (χ4v) is 3.86. The zero-order chi connectivity index (χ0) is 24.0. The molecule has 3 rings (SSSR count). The molecule has 1 heterocycles. The van der Waals surface area contributed by atoms with Crippen LogP contribution in [0.1, 0.15) is 40.3 Å². The third-order valence-corrected chi connectivity index (χ3v) is 5.43. The molecule has 0 atom stereocenters. The molecule has 0 fully saturated rings. The second kappa shape index (κ2) is 10.9. The average molecular weight is 488 g/mol. The molecule has 0 saturated carbocycles. The van der Waals surface area contributed by atoms with Crippen LogP contribution in [0.25, 0.3) is 0 Å². The number of ether oxygens (including phenoxy) is 1. The molecule has 0 aliphatic heterocycles. The molecule has 9 nitrogen and oxygen atoms in total. The fourth-order valence-electron chi connectivity index (χ4n) is 3.40.